The lowest BCUT2D eigenvalue weighted by molar-refractivity contribution is 0.0275. The van der Waals surface area contributed by atoms with Crippen molar-refractivity contribution in [2.24, 2.45) is 5.92 Å². The van der Waals surface area contributed by atoms with Crippen LogP contribution >= 0.6 is 11.9 Å². The Kier molecular flexibility index (Phi) is 5.85. The molecule has 0 aromatic rings. The van der Waals surface area contributed by atoms with Crippen LogP contribution in [0.1, 0.15) is 25.7 Å². The van der Waals surface area contributed by atoms with Gasteiger partial charge in [0.1, 0.15) is 0 Å². The van der Waals surface area contributed by atoms with Gasteiger partial charge in [0.25, 0.3) is 0 Å². The van der Waals surface area contributed by atoms with Crippen molar-refractivity contribution in [2.75, 3.05) is 59.1 Å². The molecule has 122 valence electrons. The summed E-state index contributed by atoms with van der Waals surface area (Å²) in [5.41, 5.74) is 0. The zero-order chi connectivity index (χ0) is 14.7. The second-order valence-corrected chi connectivity index (χ2v) is 8.27. The van der Waals surface area contributed by atoms with Crippen molar-refractivity contribution in [3.05, 3.63) is 0 Å². The Balaban J connectivity index is 1.29. The van der Waals surface area contributed by atoms with Crippen LogP contribution in [0, 0.1) is 5.92 Å². The first-order chi connectivity index (χ1) is 10.2. The molecule has 3 aliphatic rings. The number of nitrogens with zero attached hydrogens (tertiary/aromatic N) is 3. The minimum atomic E-state index is 0.754. The third kappa shape index (κ3) is 4.35. The topological polar surface area (TPSA) is 21.8 Å². The van der Waals surface area contributed by atoms with Gasteiger partial charge in [0, 0.05) is 50.6 Å². The summed E-state index contributed by atoms with van der Waals surface area (Å²) in [5.74, 6) is 2.27. The Hall–Kier alpha value is 0.190. The van der Waals surface area contributed by atoms with E-state index in [9.17, 15) is 0 Å². The Bertz CT molecular complexity index is 313. The Labute approximate surface area is 134 Å². The van der Waals surface area contributed by atoms with Gasteiger partial charge in [-0.2, -0.15) is 0 Å². The molecule has 5 heteroatoms. The summed E-state index contributed by atoms with van der Waals surface area (Å²) >= 11 is 2.11. The van der Waals surface area contributed by atoms with Gasteiger partial charge in [0.05, 0.1) is 0 Å². The van der Waals surface area contributed by atoms with Gasteiger partial charge >= 0.3 is 0 Å². The molecule has 4 nitrogen and oxygen atoms in total. The number of hydrogen-bond acceptors (Lipinski definition) is 5. The summed E-state index contributed by atoms with van der Waals surface area (Å²) in [7, 11) is 4.37. The Morgan fingerprint density at radius 3 is 2.48 bits per heavy atom. The summed E-state index contributed by atoms with van der Waals surface area (Å²) in [6.07, 6.45) is 5.43. The maximum absolute atomic E-state index is 3.41. The average Bonchev–Trinajstić information content (AvgIpc) is 2.46. The molecule has 0 amide bonds. The minimum Gasteiger partial charge on any atom is -0.317 e. The van der Waals surface area contributed by atoms with Crippen molar-refractivity contribution in [3.8, 4) is 0 Å². The second kappa shape index (κ2) is 7.64. The van der Waals surface area contributed by atoms with E-state index in [0.717, 1.165) is 18.0 Å². The van der Waals surface area contributed by atoms with Crippen LogP contribution in [0.25, 0.3) is 0 Å². The van der Waals surface area contributed by atoms with Crippen molar-refractivity contribution in [3.63, 3.8) is 0 Å². The highest BCUT2D eigenvalue weighted by Crippen LogP contribution is 2.28. The SMILES string of the molecule is CNC1CCN(SCC2CN(C3CCCN(C)C3)C2)CC1. The van der Waals surface area contributed by atoms with Gasteiger partial charge in [-0.15, -0.1) is 0 Å². The molecule has 3 fully saturated rings. The van der Waals surface area contributed by atoms with Crippen LogP contribution in [0.15, 0.2) is 0 Å². The molecular weight excluding hydrogens is 280 g/mol. The molecule has 0 aromatic carbocycles. The van der Waals surface area contributed by atoms with Crippen LogP contribution in [0.5, 0.6) is 0 Å². The number of nitrogens with one attached hydrogen (secondary N) is 1. The van der Waals surface area contributed by atoms with Crippen LogP contribution in [-0.4, -0.2) is 85.3 Å². The molecule has 0 spiro atoms. The monoisotopic (exact) mass is 312 g/mol. The summed E-state index contributed by atoms with van der Waals surface area (Å²) in [4.78, 5) is 5.23. The molecule has 1 atom stereocenters. The molecule has 3 rings (SSSR count). The fraction of sp³-hybridized carbons (Fsp3) is 1.00. The van der Waals surface area contributed by atoms with E-state index < -0.39 is 0 Å². The van der Waals surface area contributed by atoms with Crippen LogP contribution in [0.3, 0.4) is 0 Å². The first-order valence-electron chi connectivity index (χ1n) is 8.72. The Morgan fingerprint density at radius 2 is 1.81 bits per heavy atom. The lowest BCUT2D eigenvalue weighted by Crippen LogP contribution is -2.57. The molecule has 3 aliphatic heterocycles. The van der Waals surface area contributed by atoms with Crippen LogP contribution < -0.4 is 5.32 Å². The fourth-order valence-corrected chi connectivity index (χ4v) is 5.04. The standard InChI is InChI=1S/C16H32N4S/c1-17-15-5-8-20(9-6-15)21-13-14-10-19(11-14)16-4-3-7-18(2)12-16/h14-17H,3-13H2,1-2H3. The molecule has 0 aliphatic carbocycles. The molecule has 1 N–H and O–H groups in total. The van der Waals surface area contributed by atoms with E-state index in [1.54, 1.807) is 0 Å². The number of hydrogen-bond donors (Lipinski definition) is 1. The highest BCUT2D eigenvalue weighted by Gasteiger charge is 2.34. The molecular formula is C16H32N4S. The average molecular weight is 313 g/mol. The molecule has 0 bridgehead atoms. The van der Waals surface area contributed by atoms with E-state index in [1.807, 2.05) is 0 Å². The molecule has 3 heterocycles. The molecule has 0 radical (unpaired) electrons. The van der Waals surface area contributed by atoms with E-state index in [1.165, 1.54) is 70.7 Å². The quantitative estimate of drug-likeness (QED) is 0.772. The third-order valence-electron chi connectivity index (χ3n) is 5.46. The van der Waals surface area contributed by atoms with Gasteiger partial charge in [0.15, 0.2) is 0 Å². The fourth-order valence-electron chi connectivity index (χ4n) is 3.93. The van der Waals surface area contributed by atoms with Gasteiger partial charge in [0.2, 0.25) is 0 Å². The lowest BCUT2D eigenvalue weighted by atomic mass is 9.95. The highest BCUT2D eigenvalue weighted by atomic mass is 32.2. The molecule has 21 heavy (non-hydrogen) atoms. The summed E-state index contributed by atoms with van der Waals surface area (Å²) in [5, 5.41) is 3.41. The van der Waals surface area contributed by atoms with Crippen LogP contribution in [-0.2, 0) is 0 Å². The van der Waals surface area contributed by atoms with E-state index in [4.69, 9.17) is 0 Å². The van der Waals surface area contributed by atoms with Crippen molar-refractivity contribution in [1.82, 2.24) is 19.4 Å². The first-order valence-corrected chi connectivity index (χ1v) is 9.66. The van der Waals surface area contributed by atoms with Crippen LogP contribution in [0.2, 0.25) is 0 Å². The molecule has 1 unspecified atom stereocenters. The number of likely N-dealkylation sites (tertiary alicyclic amines) is 2. The van der Waals surface area contributed by atoms with Crippen molar-refractivity contribution >= 4 is 11.9 Å². The van der Waals surface area contributed by atoms with Gasteiger partial charge < -0.3 is 10.2 Å². The molecule has 0 aromatic heterocycles. The van der Waals surface area contributed by atoms with Crippen LogP contribution in [0.4, 0.5) is 0 Å². The van der Waals surface area contributed by atoms with Crippen molar-refractivity contribution in [2.45, 2.75) is 37.8 Å². The largest absolute Gasteiger partial charge is 0.317 e. The predicted octanol–water partition coefficient (Wildman–Crippen LogP) is 1.34. The lowest BCUT2D eigenvalue weighted by Gasteiger charge is -2.47. The smallest absolute Gasteiger partial charge is 0.0223 e. The maximum Gasteiger partial charge on any atom is 0.0223 e. The van der Waals surface area contributed by atoms with E-state index in [0.29, 0.717) is 0 Å². The number of rotatable bonds is 5. The maximum atomic E-state index is 3.41. The highest BCUT2D eigenvalue weighted by molar-refractivity contribution is 7.97. The third-order valence-corrected chi connectivity index (χ3v) is 6.81. The van der Waals surface area contributed by atoms with Crippen molar-refractivity contribution in [1.29, 1.82) is 0 Å². The molecule has 3 saturated heterocycles. The number of likely N-dealkylation sites (N-methyl/N-ethyl adjacent to an activating group) is 1. The second-order valence-electron chi connectivity index (χ2n) is 7.17. The van der Waals surface area contributed by atoms with E-state index in [-0.39, 0.29) is 0 Å². The first kappa shape index (κ1) is 16.1. The van der Waals surface area contributed by atoms with E-state index in [2.05, 4.69) is 45.5 Å². The summed E-state index contributed by atoms with van der Waals surface area (Å²) in [6.45, 7) is 7.81. The zero-order valence-electron chi connectivity index (χ0n) is 13.8. The minimum absolute atomic E-state index is 0.754. The van der Waals surface area contributed by atoms with Gasteiger partial charge in [-0.25, -0.2) is 0 Å². The van der Waals surface area contributed by atoms with Gasteiger partial charge in [-0.1, -0.05) is 11.9 Å². The molecule has 0 saturated carbocycles. The number of piperidine rings is 2. The van der Waals surface area contributed by atoms with Gasteiger partial charge in [-0.3, -0.25) is 9.21 Å². The predicted molar refractivity (Wildman–Crippen MR) is 91.7 cm³/mol. The Morgan fingerprint density at radius 1 is 1.05 bits per heavy atom. The zero-order valence-corrected chi connectivity index (χ0v) is 14.6. The summed E-state index contributed by atoms with van der Waals surface area (Å²) < 4.78 is 2.60. The van der Waals surface area contributed by atoms with E-state index >= 15 is 0 Å². The van der Waals surface area contributed by atoms with Gasteiger partial charge in [-0.05, 0) is 52.2 Å². The summed E-state index contributed by atoms with van der Waals surface area (Å²) in [6, 6.07) is 1.60. The normalized spacial score (nSPS) is 31.4. The van der Waals surface area contributed by atoms with Crippen molar-refractivity contribution < 1.29 is 0 Å².